The van der Waals surface area contributed by atoms with E-state index in [1.807, 2.05) is 0 Å². The third kappa shape index (κ3) is 2.03. The quantitative estimate of drug-likeness (QED) is 0.715. The molecule has 2 aromatic rings. The van der Waals surface area contributed by atoms with Crippen molar-refractivity contribution in [3.63, 3.8) is 0 Å². The minimum atomic E-state index is -0.614. The summed E-state index contributed by atoms with van der Waals surface area (Å²) < 4.78 is 4.11. The van der Waals surface area contributed by atoms with E-state index < -0.39 is 5.91 Å². The van der Waals surface area contributed by atoms with E-state index in [9.17, 15) is 9.59 Å². The topological polar surface area (TPSA) is 111 Å². The van der Waals surface area contributed by atoms with Crippen LogP contribution in [0, 0.1) is 0 Å². The fourth-order valence-electron chi connectivity index (χ4n) is 1.55. The van der Waals surface area contributed by atoms with Gasteiger partial charge in [-0.3, -0.25) is 9.59 Å². The summed E-state index contributed by atoms with van der Waals surface area (Å²) in [5, 5.41) is 2.55. The molecule has 1 heterocycles. The average Bonchev–Trinajstić information content (AvgIpc) is 2.72. The molecule has 5 N–H and O–H groups in total. The Hall–Kier alpha value is -2.41. The van der Waals surface area contributed by atoms with Gasteiger partial charge in [0.25, 0.3) is 5.91 Å². The maximum atomic E-state index is 11.1. The predicted octanol–water partition coefficient (Wildman–Crippen LogP) is 1.06. The molecule has 0 spiro atoms. The Morgan fingerprint density at radius 2 is 2.11 bits per heavy atom. The zero-order valence-electron chi connectivity index (χ0n) is 9.21. The van der Waals surface area contributed by atoms with E-state index >= 15 is 0 Å². The molecule has 0 aliphatic heterocycles. The van der Waals surface area contributed by atoms with Gasteiger partial charge in [0.2, 0.25) is 6.41 Å². The number of carbonyl (C=O) groups excluding carboxylic acids is 2. The van der Waals surface area contributed by atoms with Crippen LogP contribution < -0.4 is 16.8 Å². The largest absolute Gasteiger partial charge is 0.396 e. The molecular weight excluding hydrogens is 252 g/mol. The third-order valence-corrected chi connectivity index (χ3v) is 3.23. The molecule has 0 aliphatic carbocycles. The molecule has 0 atom stereocenters. The van der Waals surface area contributed by atoms with Crippen LogP contribution in [0.3, 0.4) is 0 Å². The van der Waals surface area contributed by atoms with Crippen LogP contribution in [0.5, 0.6) is 0 Å². The van der Waals surface area contributed by atoms with Crippen molar-refractivity contribution in [2.24, 2.45) is 5.73 Å². The van der Waals surface area contributed by atoms with Gasteiger partial charge in [-0.25, -0.2) is 0 Å². The lowest BCUT2D eigenvalue weighted by molar-refractivity contribution is -0.105. The molecule has 0 unspecified atom stereocenters. The summed E-state index contributed by atoms with van der Waals surface area (Å²) >= 11 is 0.940. The molecule has 1 aromatic heterocycles. The summed E-state index contributed by atoms with van der Waals surface area (Å²) in [6.07, 6.45) is 0.566. The van der Waals surface area contributed by atoms with E-state index in [1.54, 1.807) is 24.3 Å². The molecule has 18 heavy (non-hydrogen) atoms. The normalized spacial score (nSPS) is 10.0. The number of nitrogens with zero attached hydrogens (tertiary/aromatic N) is 1. The minimum absolute atomic E-state index is 0.214. The second kappa shape index (κ2) is 4.84. The lowest BCUT2D eigenvalue weighted by Gasteiger charge is -2.06. The van der Waals surface area contributed by atoms with Gasteiger partial charge in [0, 0.05) is 5.56 Å². The van der Waals surface area contributed by atoms with Gasteiger partial charge in [-0.1, -0.05) is 18.2 Å². The number of benzene rings is 1. The van der Waals surface area contributed by atoms with Gasteiger partial charge in [-0.05, 0) is 17.6 Å². The molecule has 6 nitrogen and oxygen atoms in total. The van der Waals surface area contributed by atoms with Crippen LogP contribution in [0.15, 0.2) is 24.3 Å². The Balaban J connectivity index is 2.55. The molecule has 0 saturated carbocycles. The molecule has 0 aliphatic rings. The lowest BCUT2D eigenvalue weighted by atomic mass is 10.1. The van der Waals surface area contributed by atoms with Gasteiger partial charge in [0.1, 0.15) is 10.6 Å². The zero-order valence-corrected chi connectivity index (χ0v) is 10.0. The maximum Gasteiger partial charge on any atom is 0.262 e. The fraction of sp³-hybridized carbons (Fsp3) is 0. The first-order chi connectivity index (χ1) is 8.65. The van der Waals surface area contributed by atoms with Crippen LogP contribution in [-0.2, 0) is 4.79 Å². The first-order valence-corrected chi connectivity index (χ1v) is 5.77. The van der Waals surface area contributed by atoms with E-state index in [0.717, 1.165) is 11.5 Å². The summed E-state index contributed by atoms with van der Waals surface area (Å²) in [6.45, 7) is 0. The second-order valence-corrected chi connectivity index (χ2v) is 4.22. The van der Waals surface area contributed by atoms with E-state index in [0.29, 0.717) is 23.4 Å². The number of rotatable bonds is 4. The van der Waals surface area contributed by atoms with Crippen molar-refractivity contribution >= 4 is 35.2 Å². The molecule has 0 saturated heterocycles. The first kappa shape index (κ1) is 12.1. The van der Waals surface area contributed by atoms with E-state index in [4.69, 9.17) is 11.5 Å². The molecule has 7 heteroatoms. The van der Waals surface area contributed by atoms with Gasteiger partial charge in [0.05, 0.1) is 11.4 Å². The molecule has 2 rings (SSSR count). The summed E-state index contributed by atoms with van der Waals surface area (Å²) in [4.78, 5) is 21.9. The number of anilines is 2. The smallest absolute Gasteiger partial charge is 0.262 e. The SMILES string of the molecule is NC(=O)c1snc(-c2ccccc2NC=O)c1N. The molecule has 1 aromatic carbocycles. The molecule has 92 valence electrons. The standard InChI is InChI=1S/C11H10N4O2S/c12-8-9(15-18-10(8)11(13)17)6-3-1-2-4-7(6)14-5-16/h1-5H,12H2,(H2,13,17)(H,14,16). The van der Waals surface area contributed by atoms with Gasteiger partial charge in [-0.2, -0.15) is 4.37 Å². The number of primary amides is 1. The van der Waals surface area contributed by atoms with Crippen molar-refractivity contribution in [3.05, 3.63) is 29.1 Å². The van der Waals surface area contributed by atoms with Crippen molar-refractivity contribution < 1.29 is 9.59 Å². The highest BCUT2D eigenvalue weighted by molar-refractivity contribution is 7.09. The molecule has 0 fully saturated rings. The number of hydrogen-bond donors (Lipinski definition) is 3. The van der Waals surface area contributed by atoms with Gasteiger partial charge >= 0.3 is 0 Å². The van der Waals surface area contributed by atoms with Crippen molar-refractivity contribution in [2.45, 2.75) is 0 Å². The number of nitrogen functional groups attached to an aromatic ring is 1. The first-order valence-electron chi connectivity index (χ1n) is 4.99. The number of aromatic nitrogens is 1. The van der Waals surface area contributed by atoms with Crippen molar-refractivity contribution in [1.82, 2.24) is 4.37 Å². The highest BCUT2D eigenvalue weighted by Crippen LogP contribution is 2.34. The summed E-state index contributed by atoms with van der Waals surface area (Å²) in [5.41, 5.74) is 12.9. The number of carbonyl (C=O) groups is 2. The van der Waals surface area contributed by atoms with E-state index in [2.05, 4.69) is 9.69 Å². The Morgan fingerprint density at radius 1 is 1.39 bits per heavy atom. The maximum absolute atomic E-state index is 11.1. The van der Waals surface area contributed by atoms with Crippen LogP contribution >= 0.6 is 11.5 Å². The Labute approximate surface area is 107 Å². The summed E-state index contributed by atoms with van der Waals surface area (Å²) in [5.74, 6) is -0.614. The number of nitrogens with one attached hydrogen (secondary N) is 1. The minimum Gasteiger partial charge on any atom is -0.396 e. The predicted molar refractivity (Wildman–Crippen MR) is 70.2 cm³/mol. The second-order valence-electron chi connectivity index (χ2n) is 3.45. The van der Waals surface area contributed by atoms with Crippen LogP contribution in [0.2, 0.25) is 0 Å². The fourth-order valence-corrected chi connectivity index (χ4v) is 2.21. The monoisotopic (exact) mass is 262 g/mol. The van der Waals surface area contributed by atoms with Crippen molar-refractivity contribution in [1.29, 1.82) is 0 Å². The number of para-hydroxylation sites is 1. The zero-order chi connectivity index (χ0) is 13.1. The van der Waals surface area contributed by atoms with Crippen LogP contribution in [0.25, 0.3) is 11.3 Å². The Morgan fingerprint density at radius 3 is 2.72 bits per heavy atom. The average molecular weight is 262 g/mol. The Kier molecular flexibility index (Phi) is 3.24. The highest BCUT2D eigenvalue weighted by atomic mass is 32.1. The van der Waals surface area contributed by atoms with Crippen molar-refractivity contribution in [2.75, 3.05) is 11.1 Å². The van der Waals surface area contributed by atoms with Crippen LogP contribution in [0.1, 0.15) is 9.67 Å². The molecule has 0 bridgehead atoms. The van der Waals surface area contributed by atoms with Gasteiger partial charge in [-0.15, -0.1) is 0 Å². The summed E-state index contributed by atoms with van der Waals surface area (Å²) in [6, 6.07) is 7.02. The van der Waals surface area contributed by atoms with Crippen molar-refractivity contribution in [3.8, 4) is 11.3 Å². The third-order valence-electron chi connectivity index (χ3n) is 2.35. The van der Waals surface area contributed by atoms with Crippen LogP contribution in [0.4, 0.5) is 11.4 Å². The van der Waals surface area contributed by atoms with E-state index in [-0.39, 0.29) is 10.6 Å². The number of nitrogens with two attached hydrogens (primary N) is 2. The number of hydrogen-bond acceptors (Lipinski definition) is 5. The molecule has 0 radical (unpaired) electrons. The van der Waals surface area contributed by atoms with Crippen LogP contribution in [-0.4, -0.2) is 16.7 Å². The lowest BCUT2D eigenvalue weighted by Crippen LogP contribution is -2.11. The number of amides is 2. The molecule has 2 amide bonds. The highest BCUT2D eigenvalue weighted by Gasteiger charge is 2.18. The Bertz CT molecular complexity index is 609. The van der Waals surface area contributed by atoms with E-state index in [1.165, 1.54) is 0 Å². The van der Waals surface area contributed by atoms with Gasteiger partial charge in [0.15, 0.2) is 0 Å². The molecular formula is C11H10N4O2S. The van der Waals surface area contributed by atoms with Gasteiger partial charge < -0.3 is 16.8 Å². The summed E-state index contributed by atoms with van der Waals surface area (Å²) in [7, 11) is 0.